The largest absolute Gasteiger partial charge is 0.481 e. The number of fused-ring (bicyclic) bond motifs is 1. The number of rotatable bonds is 10. The van der Waals surface area contributed by atoms with Crippen LogP contribution in [-0.4, -0.2) is 34.2 Å². The van der Waals surface area contributed by atoms with Gasteiger partial charge in [-0.1, -0.05) is 36.4 Å². The predicted molar refractivity (Wildman–Crippen MR) is 143 cm³/mol. The molecule has 0 saturated heterocycles. The minimum Gasteiger partial charge on any atom is -0.481 e. The molecule has 1 aliphatic carbocycles. The van der Waals surface area contributed by atoms with Gasteiger partial charge in [-0.25, -0.2) is 4.98 Å². The lowest BCUT2D eigenvalue weighted by Gasteiger charge is -2.15. The fraction of sp³-hybridized carbons (Fsp3) is 0.267. The van der Waals surface area contributed by atoms with Crippen LogP contribution in [0.2, 0.25) is 0 Å². The van der Waals surface area contributed by atoms with Gasteiger partial charge in [-0.3, -0.25) is 9.59 Å². The van der Waals surface area contributed by atoms with Crippen molar-refractivity contribution in [2.75, 3.05) is 0 Å². The highest BCUT2D eigenvalue weighted by molar-refractivity contribution is 5.98. The van der Waals surface area contributed by atoms with E-state index in [1.165, 1.54) is 11.8 Å². The third-order valence-electron chi connectivity index (χ3n) is 6.72. The van der Waals surface area contributed by atoms with Gasteiger partial charge in [0.25, 0.3) is 5.91 Å². The zero-order chi connectivity index (χ0) is 25.5. The van der Waals surface area contributed by atoms with Crippen LogP contribution in [0.15, 0.2) is 77.9 Å². The average molecular weight is 482 g/mol. The van der Waals surface area contributed by atoms with Crippen molar-refractivity contribution in [2.45, 2.75) is 51.5 Å². The summed E-state index contributed by atoms with van der Waals surface area (Å²) in [5.41, 5.74) is 6.68. The summed E-state index contributed by atoms with van der Waals surface area (Å²) in [7, 11) is 0. The SMILES string of the molecule is CC1=C(/C=C\C=N)CC[C@H]1NC(=O)c1ccc2nc(-c3ccccc3)c(CCCCC(=O)O)cc2c1. The number of nitrogens with one attached hydrogen (secondary N) is 2. The van der Waals surface area contributed by atoms with Crippen molar-refractivity contribution in [3.63, 3.8) is 0 Å². The van der Waals surface area contributed by atoms with Gasteiger partial charge in [0.15, 0.2) is 0 Å². The number of pyridine rings is 1. The summed E-state index contributed by atoms with van der Waals surface area (Å²) in [6, 6.07) is 17.7. The van der Waals surface area contributed by atoms with Crippen LogP contribution < -0.4 is 5.32 Å². The molecule has 0 radical (unpaired) electrons. The summed E-state index contributed by atoms with van der Waals surface area (Å²) in [5.74, 6) is -0.899. The minimum absolute atomic E-state index is 0.0121. The number of carboxylic acid groups (broad SMARTS) is 1. The van der Waals surface area contributed by atoms with Crippen molar-refractivity contribution in [1.82, 2.24) is 10.3 Å². The number of carbonyl (C=O) groups is 2. The molecule has 1 atom stereocenters. The van der Waals surface area contributed by atoms with E-state index in [1.54, 1.807) is 6.08 Å². The van der Waals surface area contributed by atoms with Gasteiger partial charge in [0.1, 0.15) is 0 Å². The highest BCUT2D eigenvalue weighted by atomic mass is 16.4. The molecule has 0 spiro atoms. The average Bonchev–Trinajstić information content (AvgIpc) is 3.23. The maximum atomic E-state index is 13.1. The Morgan fingerprint density at radius 1 is 1.14 bits per heavy atom. The van der Waals surface area contributed by atoms with E-state index in [4.69, 9.17) is 15.5 Å². The van der Waals surface area contributed by atoms with E-state index >= 15 is 0 Å². The van der Waals surface area contributed by atoms with Gasteiger partial charge in [0.2, 0.25) is 0 Å². The molecule has 0 aliphatic heterocycles. The molecule has 3 N–H and O–H groups in total. The number of allylic oxidation sites excluding steroid dienone is 3. The lowest BCUT2D eigenvalue weighted by atomic mass is 9.98. The molecule has 1 aliphatic rings. The van der Waals surface area contributed by atoms with Crippen LogP contribution in [0.25, 0.3) is 22.2 Å². The standard InChI is InChI=1S/C30H31N3O3/c1-20-21(11-7-17-31)13-15-26(20)33-30(36)24-14-16-27-25(19-24)18-23(10-5-6-12-28(34)35)29(32-27)22-8-3-2-4-9-22/h2-4,7-9,11,14,16-19,26,31H,5-6,10,12-13,15H2,1H3,(H,33,36)(H,34,35)/b11-7-,31-17?/t26-/m1/s1. The molecule has 0 bridgehead atoms. The van der Waals surface area contributed by atoms with E-state index in [9.17, 15) is 9.59 Å². The molecule has 0 saturated carbocycles. The Hall–Kier alpha value is -4.06. The number of aryl methyl sites for hydroxylation is 1. The normalized spacial score (nSPS) is 15.5. The third kappa shape index (κ3) is 5.95. The Kier molecular flexibility index (Phi) is 8.06. The van der Waals surface area contributed by atoms with Crippen LogP contribution in [0.4, 0.5) is 0 Å². The van der Waals surface area contributed by atoms with Crippen molar-refractivity contribution in [1.29, 1.82) is 5.41 Å². The molecular weight excluding hydrogens is 450 g/mol. The zero-order valence-corrected chi connectivity index (χ0v) is 20.5. The summed E-state index contributed by atoms with van der Waals surface area (Å²) in [6.45, 7) is 2.04. The lowest BCUT2D eigenvalue weighted by Crippen LogP contribution is -2.34. The fourth-order valence-corrected chi connectivity index (χ4v) is 4.73. The molecule has 0 fully saturated rings. The summed E-state index contributed by atoms with van der Waals surface area (Å²) in [6.07, 6.45) is 8.88. The second kappa shape index (κ2) is 11.6. The lowest BCUT2D eigenvalue weighted by molar-refractivity contribution is -0.137. The molecule has 6 heteroatoms. The topological polar surface area (TPSA) is 103 Å². The van der Waals surface area contributed by atoms with E-state index in [-0.39, 0.29) is 18.4 Å². The first-order valence-corrected chi connectivity index (χ1v) is 12.3. The van der Waals surface area contributed by atoms with Crippen LogP contribution in [0.5, 0.6) is 0 Å². The van der Waals surface area contributed by atoms with Crippen LogP contribution in [0, 0.1) is 5.41 Å². The first-order valence-electron chi connectivity index (χ1n) is 12.3. The third-order valence-corrected chi connectivity index (χ3v) is 6.72. The number of aromatic nitrogens is 1. The molecule has 1 heterocycles. The Morgan fingerprint density at radius 3 is 2.69 bits per heavy atom. The highest BCUT2D eigenvalue weighted by Gasteiger charge is 2.23. The maximum Gasteiger partial charge on any atom is 0.303 e. The second-order valence-corrected chi connectivity index (χ2v) is 9.17. The summed E-state index contributed by atoms with van der Waals surface area (Å²) < 4.78 is 0. The molecule has 6 nitrogen and oxygen atoms in total. The van der Waals surface area contributed by atoms with Gasteiger partial charge in [0.05, 0.1) is 17.3 Å². The minimum atomic E-state index is -0.782. The molecule has 2 aromatic carbocycles. The van der Waals surface area contributed by atoms with Gasteiger partial charge >= 0.3 is 5.97 Å². The van der Waals surface area contributed by atoms with Crippen molar-refractivity contribution in [2.24, 2.45) is 0 Å². The maximum absolute atomic E-state index is 13.1. The number of carboxylic acids is 1. The van der Waals surface area contributed by atoms with Crippen molar-refractivity contribution < 1.29 is 14.7 Å². The fourth-order valence-electron chi connectivity index (χ4n) is 4.73. The molecule has 1 amide bonds. The van der Waals surface area contributed by atoms with E-state index in [0.29, 0.717) is 12.0 Å². The van der Waals surface area contributed by atoms with Crippen molar-refractivity contribution >= 4 is 29.0 Å². The van der Waals surface area contributed by atoms with Crippen LogP contribution in [-0.2, 0) is 11.2 Å². The summed E-state index contributed by atoms with van der Waals surface area (Å²) >= 11 is 0. The number of nitrogens with zero attached hydrogens (tertiary/aromatic N) is 1. The number of aliphatic carboxylic acids is 1. The Labute approximate surface area is 211 Å². The van der Waals surface area contributed by atoms with E-state index in [1.807, 2.05) is 61.5 Å². The summed E-state index contributed by atoms with van der Waals surface area (Å²) in [5, 5.41) is 20.2. The second-order valence-electron chi connectivity index (χ2n) is 9.17. The number of unbranched alkanes of at least 4 members (excludes halogenated alkanes) is 1. The summed E-state index contributed by atoms with van der Waals surface area (Å²) in [4.78, 5) is 28.9. The number of hydrogen-bond acceptors (Lipinski definition) is 4. The van der Waals surface area contributed by atoms with Gasteiger partial charge in [-0.15, -0.1) is 0 Å². The van der Waals surface area contributed by atoms with Crippen LogP contribution in [0.1, 0.15) is 54.9 Å². The monoisotopic (exact) mass is 481 g/mol. The van der Waals surface area contributed by atoms with E-state index in [0.717, 1.165) is 59.0 Å². The van der Waals surface area contributed by atoms with Gasteiger partial charge in [-0.05, 0) is 86.1 Å². The van der Waals surface area contributed by atoms with Crippen LogP contribution in [0.3, 0.4) is 0 Å². The zero-order valence-electron chi connectivity index (χ0n) is 20.5. The first-order chi connectivity index (χ1) is 17.5. The first kappa shape index (κ1) is 25.0. The Morgan fingerprint density at radius 2 is 1.94 bits per heavy atom. The highest BCUT2D eigenvalue weighted by Crippen LogP contribution is 2.29. The van der Waals surface area contributed by atoms with Gasteiger partial charge in [0, 0.05) is 29.1 Å². The number of benzene rings is 2. The number of amides is 1. The van der Waals surface area contributed by atoms with Crippen molar-refractivity contribution in [3.05, 3.63) is 89.0 Å². The van der Waals surface area contributed by atoms with E-state index < -0.39 is 5.97 Å². The Balaban J connectivity index is 1.59. The molecule has 4 rings (SSSR count). The van der Waals surface area contributed by atoms with Crippen molar-refractivity contribution in [3.8, 4) is 11.3 Å². The smallest absolute Gasteiger partial charge is 0.303 e. The Bertz CT molecular complexity index is 1340. The molecule has 0 unspecified atom stereocenters. The molecule has 36 heavy (non-hydrogen) atoms. The number of hydrogen-bond donors (Lipinski definition) is 3. The molecule has 1 aromatic heterocycles. The van der Waals surface area contributed by atoms with Gasteiger partial charge < -0.3 is 15.8 Å². The predicted octanol–water partition coefficient (Wildman–Crippen LogP) is 6.11. The van der Waals surface area contributed by atoms with E-state index in [2.05, 4.69) is 11.4 Å². The molecule has 184 valence electrons. The molecule has 3 aromatic rings. The van der Waals surface area contributed by atoms with Gasteiger partial charge in [-0.2, -0.15) is 0 Å². The molecular formula is C30H31N3O3. The quantitative estimate of drug-likeness (QED) is 0.240. The van der Waals surface area contributed by atoms with Crippen LogP contribution >= 0.6 is 0 Å². The number of carbonyl (C=O) groups excluding carboxylic acids is 1.